The quantitative estimate of drug-likeness (QED) is 0.178. The van der Waals surface area contributed by atoms with Gasteiger partial charge in [0.1, 0.15) is 11.2 Å². The maximum Gasteiger partial charge on any atom is 0.143 e. The largest absolute Gasteiger partial charge is 0.455 e. The van der Waals surface area contributed by atoms with Gasteiger partial charge in [-0.1, -0.05) is 141 Å². The van der Waals surface area contributed by atoms with Gasteiger partial charge < -0.3 is 4.42 Å². The Labute approximate surface area is 278 Å². The summed E-state index contributed by atoms with van der Waals surface area (Å²) in [5.74, 6) is 0. The molecule has 0 saturated heterocycles. The molecule has 9 aromatic carbocycles. The van der Waals surface area contributed by atoms with Crippen LogP contribution < -0.4 is 0 Å². The van der Waals surface area contributed by atoms with Crippen LogP contribution in [-0.4, -0.2) is 0 Å². The predicted molar refractivity (Wildman–Crippen MR) is 203 cm³/mol. The molecule has 0 aliphatic heterocycles. The van der Waals surface area contributed by atoms with E-state index in [0.29, 0.717) is 0 Å². The van der Waals surface area contributed by atoms with Gasteiger partial charge in [0.05, 0.1) is 0 Å². The highest BCUT2D eigenvalue weighted by atomic mass is 16.3. The lowest BCUT2D eigenvalue weighted by molar-refractivity contribution is 0.660. The standard InChI is InChI=1S/C47H30O/c1-47(2)40-13-6-5-12-35(40)39-26-31(19-25-41(39)47)33-23-24-37(44-38-22-16-27-8-3-4-11-32(27)45(38)48-46(33)44)34-20-17-30-15-14-28-9-7-10-29-18-21-36(34)43(30)42(28)29/h3-26H,1-2H3. The van der Waals surface area contributed by atoms with E-state index < -0.39 is 0 Å². The van der Waals surface area contributed by atoms with Crippen molar-refractivity contribution >= 4 is 65.0 Å². The van der Waals surface area contributed by atoms with Crippen molar-refractivity contribution < 1.29 is 4.42 Å². The smallest absolute Gasteiger partial charge is 0.143 e. The summed E-state index contributed by atoms with van der Waals surface area (Å²) < 4.78 is 7.07. The van der Waals surface area contributed by atoms with Crippen LogP contribution in [0.3, 0.4) is 0 Å². The van der Waals surface area contributed by atoms with Crippen LogP contribution in [0, 0.1) is 0 Å². The molecule has 1 heteroatoms. The summed E-state index contributed by atoms with van der Waals surface area (Å²) >= 11 is 0. The molecule has 1 aliphatic carbocycles. The zero-order valence-electron chi connectivity index (χ0n) is 26.8. The van der Waals surface area contributed by atoms with Gasteiger partial charge in [-0.3, -0.25) is 0 Å². The third-order valence-electron chi connectivity index (χ3n) is 11.2. The Balaban J connectivity index is 1.24. The number of benzene rings is 9. The lowest BCUT2D eigenvalue weighted by Gasteiger charge is -2.21. The van der Waals surface area contributed by atoms with E-state index >= 15 is 0 Å². The Morgan fingerprint density at radius 1 is 0.375 bits per heavy atom. The lowest BCUT2D eigenvalue weighted by Crippen LogP contribution is -2.14. The Kier molecular flexibility index (Phi) is 4.97. The fourth-order valence-electron chi connectivity index (χ4n) is 8.92. The van der Waals surface area contributed by atoms with Gasteiger partial charge in [-0.05, 0) is 94.8 Å². The first-order valence-electron chi connectivity index (χ1n) is 16.8. The summed E-state index contributed by atoms with van der Waals surface area (Å²) in [6.07, 6.45) is 0. The summed E-state index contributed by atoms with van der Waals surface area (Å²) in [6.45, 7) is 4.68. The Morgan fingerprint density at radius 2 is 1.02 bits per heavy atom. The van der Waals surface area contributed by atoms with Crippen LogP contribution in [0.4, 0.5) is 0 Å². The third kappa shape index (κ3) is 3.31. The van der Waals surface area contributed by atoms with E-state index in [2.05, 4.69) is 159 Å². The second-order valence-electron chi connectivity index (χ2n) is 14.0. The lowest BCUT2D eigenvalue weighted by atomic mass is 9.82. The van der Waals surface area contributed by atoms with Gasteiger partial charge in [0.2, 0.25) is 0 Å². The minimum atomic E-state index is -0.0308. The molecule has 1 heterocycles. The van der Waals surface area contributed by atoms with E-state index in [4.69, 9.17) is 4.42 Å². The van der Waals surface area contributed by atoms with E-state index in [1.54, 1.807) is 0 Å². The first-order chi connectivity index (χ1) is 23.6. The molecule has 1 aromatic heterocycles. The number of fused-ring (bicyclic) bond motifs is 8. The Morgan fingerprint density at radius 3 is 1.92 bits per heavy atom. The van der Waals surface area contributed by atoms with E-state index in [9.17, 15) is 0 Å². The van der Waals surface area contributed by atoms with Gasteiger partial charge in [0, 0.05) is 27.1 Å². The van der Waals surface area contributed by atoms with Crippen LogP contribution in [-0.2, 0) is 5.41 Å². The van der Waals surface area contributed by atoms with Gasteiger partial charge in [-0.25, -0.2) is 0 Å². The zero-order valence-corrected chi connectivity index (χ0v) is 26.8. The Bertz CT molecular complexity index is 2960. The molecule has 10 aromatic rings. The topological polar surface area (TPSA) is 13.1 Å². The van der Waals surface area contributed by atoms with E-state index in [0.717, 1.165) is 27.5 Å². The van der Waals surface area contributed by atoms with Crippen LogP contribution in [0.1, 0.15) is 25.0 Å². The van der Waals surface area contributed by atoms with Crippen LogP contribution in [0.5, 0.6) is 0 Å². The van der Waals surface area contributed by atoms with Crippen LogP contribution in [0.15, 0.2) is 150 Å². The van der Waals surface area contributed by atoms with Crippen molar-refractivity contribution in [2.24, 2.45) is 0 Å². The number of rotatable bonds is 2. The minimum absolute atomic E-state index is 0.0308. The second kappa shape index (κ2) is 9.12. The van der Waals surface area contributed by atoms with Crippen molar-refractivity contribution in [1.82, 2.24) is 0 Å². The summed E-state index contributed by atoms with van der Waals surface area (Å²) in [4.78, 5) is 0. The van der Waals surface area contributed by atoms with Crippen molar-refractivity contribution in [3.8, 4) is 33.4 Å². The minimum Gasteiger partial charge on any atom is -0.455 e. The average Bonchev–Trinajstić information content (AvgIpc) is 3.63. The molecule has 11 rings (SSSR count). The van der Waals surface area contributed by atoms with Crippen molar-refractivity contribution in [2.45, 2.75) is 19.3 Å². The molecule has 0 spiro atoms. The van der Waals surface area contributed by atoms with Crippen LogP contribution in [0.2, 0.25) is 0 Å². The molecule has 0 radical (unpaired) electrons. The maximum absolute atomic E-state index is 7.07. The predicted octanol–water partition coefficient (Wildman–Crippen LogP) is 13.3. The molecule has 0 amide bonds. The van der Waals surface area contributed by atoms with Crippen molar-refractivity contribution in [3.63, 3.8) is 0 Å². The van der Waals surface area contributed by atoms with E-state index in [1.165, 1.54) is 82.0 Å². The second-order valence-corrected chi connectivity index (χ2v) is 14.0. The molecule has 1 aliphatic rings. The van der Waals surface area contributed by atoms with Crippen LogP contribution in [0.25, 0.3) is 98.4 Å². The molecule has 224 valence electrons. The van der Waals surface area contributed by atoms with Crippen molar-refractivity contribution in [3.05, 3.63) is 157 Å². The van der Waals surface area contributed by atoms with Gasteiger partial charge in [0.25, 0.3) is 0 Å². The van der Waals surface area contributed by atoms with Gasteiger partial charge >= 0.3 is 0 Å². The molecule has 0 fully saturated rings. The monoisotopic (exact) mass is 610 g/mol. The first kappa shape index (κ1) is 26.2. The number of furan rings is 1. The highest BCUT2D eigenvalue weighted by molar-refractivity contribution is 6.28. The highest BCUT2D eigenvalue weighted by Crippen LogP contribution is 2.51. The molecule has 0 bridgehead atoms. The number of hydrogen-bond donors (Lipinski definition) is 0. The fourth-order valence-corrected chi connectivity index (χ4v) is 8.92. The summed E-state index contributed by atoms with van der Waals surface area (Å²) in [5.41, 5.74) is 12.0. The molecule has 0 atom stereocenters. The summed E-state index contributed by atoms with van der Waals surface area (Å²) in [7, 11) is 0. The van der Waals surface area contributed by atoms with Gasteiger partial charge in [-0.2, -0.15) is 0 Å². The first-order valence-corrected chi connectivity index (χ1v) is 16.8. The molecule has 1 nitrogen and oxygen atoms in total. The molecule has 0 saturated carbocycles. The summed E-state index contributed by atoms with van der Waals surface area (Å²) in [6, 6.07) is 53.9. The highest BCUT2D eigenvalue weighted by Gasteiger charge is 2.35. The molecule has 0 N–H and O–H groups in total. The van der Waals surface area contributed by atoms with Gasteiger partial charge in [-0.15, -0.1) is 0 Å². The molecular formula is C47H30O. The van der Waals surface area contributed by atoms with E-state index in [1.807, 2.05) is 0 Å². The van der Waals surface area contributed by atoms with Crippen molar-refractivity contribution in [2.75, 3.05) is 0 Å². The van der Waals surface area contributed by atoms with Crippen molar-refractivity contribution in [1.29, 1.82) is 0 Å². The summed E-state index contributed by atoms with van der Waals surface area (Å²) in [5, 5.41) is 12.4. The number of hydrogen-bond acceptors (Lipinski definition) is 1. The fraction of sp³-hybridized carbons (Fsp3) is 0.0638. The maximum atomic E-state index is 7.07. The average molecular weight is 611 g/mol. The molecular weight excluding hydrogens is 581 g/mol. The third-order valence-corrected chi connectivity index (χ3v) is 11.2. The molecule has 0 unspecified atom stereocenters. The zero-order chi connectivity index (χ0) is 31.7. The Hall–Kier alpha value is -5.92. The molecule has 48 heavy (non-hydrogen) atoms. The van der Waals surface area contributed by atoms with Gasteiger partial charge in [0.15, 0.2) is 0 Å². The van der Waals surface area contributed by atoms with E-state index in [-0.39, 0.29) is 5.41 Å². The normalized spacial score (nSPS) is 13.8. The SMILES string of the molecule is CC1(C)c2ccccc2-c2cc(-c3ccc(-c4ccc5ccc6cccc7ccc4c5c67)c4c3oc3c5ccccc5ccc34)ccc21. The van der Waals surface area contributed by atoms with Crippen LogP contribution >= 0.6 is 0 Å².